The molecule has 122 valence electrons. The number of benzene rings is 1. The molecular formula is C18H27NO2S. The maximum absolute atomic E-state index is 10.5. The number of hydrogen-bond donors (Lipinski definition) is 2. The smallest absolute Gasteiger partial charge is 0.124 e. The second-order valence-electron chi connectivity index (χ2n) is 6.57. The lowest BCUT2D eigenvalue weighted by atomic mass is 9.97. The quantitative estimate of drug-likeness (QED) is 0.843. The molecule has 22 heavy (non-hydrogen) atoms. The van der Waals surface area contributed by atoms with Crippen LogP contribution in [0.15, 0.2) is 24.3 Å². The van der Waals surface area contributed by atoms with E-state index in [1.54, 1.807) is 0 Å². The first kappa shape index (κ1) is 16.2. The zero-order valence-corrected chi connectivity index (χ0v) is 14.0. The van der Waals surface area contributed by atoms with E-state index < -0.39 is 5.60 Å². The van der Waals surface area contributed by atoms with E-state index in [2.05, 4.69) is 23.5 Å². The zero-order valence-electron chi connectivity index (χ0n) is 13.2. The van der Waals surface area contributed by atoms with Crippen molar-refractivity contribution in [3.8, 4) is 5.75 Å². The van der Waals surface area contributed by atoms with E-state index in [9.17, 15) is 5.11 Å². The van der Waals surface area contributed by atoms with Crippen molar-refractivity contribution in [1.29, 1.82) is 0 Å². The molecule has 0 amide bonds. The van der Waals surface area contributed by atoms with Crippen LogP contribution in [-0.4, -0.2) is 34.9 Å². The maximum atomic E-state index is 10.5. The van der Waals surface area contributed by atoms with E-state index >= 15 is 0 Å². The topological polar surface area (TPSA) is 41.5 Å². The Labute approximate surface area is 137 Å². The first-order valence-corrected chi connectivity index (χ1v) is 9.66. The molecule has 0 aromatic heterocycles. The van der Waals surface area contributed by atoms with Gasteiger partial charge < -0.3 is 15.2 Å². The summed E-state index contributed by atoms with van der Waals surface area (Å²) in [6.07, 6.45) is 7.11. The molecule has 0 atom stereocenters. The lowest BCUT2D eigenvalue weighted by Gasteiger charge is -2.32. The Bertz CT molecular complexity index is 468. The summed E-state index contributed by atoms with van der Waals surface area (Å²) < 4.78 is 6.17. The second-order valence-corrected chi connectivity index (χ2v) is 7.80. The Kier molecular flexibility index (Phi) is 5.66. The van der Waals surface area contributed by atoms with Gasteiger partial charge in [-0.15, -0.1) is 0 Å². The molecule has 3 nitrogen and oxygen atoms in total. The van der Waals surface area contributed by atoms with Gasteiger partial charge >= 0.3 is 0 Å². The fourth-order valence-electron chi connectivity index (χ4n) is 3.31. The van der Waals surface area contributed by atoms with Crippen molar-refractivity contribution in [2.75, 3.05) is 18.1 Å². The van der Waals surface area contributed by atoms with E-state index in [-0.39, 0.29) is 0 Å². The predicted octanol–water partition coefficient (Wildman–Crippen LogP) is 3.36. The highest BCUT2D eigenvalue weighted by atomic mass is 32.2. The van der Waals surface area contributed by atoms with Gasteiger partial charge in [-0.1, -0.05) is 18.2 Å². The van der Waals surface area contributed by atoms with E-state index in [4.69, 9.17) is 4.74 Å². The zero-order chi connectivity index (χ0) is 15.3. The SMILES string of the molecule is OC1(CNCc2ccccc2OC2CCCC2)CCSCC1. The summed E-state index contributed by atoms with van der Waals surface area (Å²) in [5.41, 5.74) is 0.676. The number of thioether (sulfide) groups is 1. The highest BCUT2D eigenvalue weighted by molar-refractivity contribution is 7.99. The van der Waals surface area contributed by atoms with Crippen LogP contribution in [-0.2, 0) is 6.54 Å². The highest BCUT2D eigenvalue weighted by Gasteiger charge is 2.28. The Balaban J connectivity index is 1.53. The van der Waals surface area contributed by atoms with Crippen LogP contribution in [0.2, 0.25) is 0 Å². The summed E-state index contributed by atoms with van der Waals surface area (Å²) in [6.45, 7) is 1.43. The van der Waals surface area contributed by atoms with Gasteiger partial charge in [-0.2, -0.15) is 11.8 Å². The van der Waals surface area contributed by atoms with Crippen molar-refractivity contribution in [2.24, 2.45) is 0 Å². The lowest BCUT2D eigenvalue weighted by molar-refractivity contribution is 0.0319. The fourth-order valence-corrected chi connectivity index (χ4v) is 4.56. The Hall–Kier alpha value is -0.710. The molecule has 1 aliphatic carbocycles. The highest BCUT2D eigenvalue weighted by Crippen LogP contribution is 2.28. The molecular weight excluding hydrogens is 294 g/mol. The summed E-state index contributed by atoms with van der Waals surface area (Å²) in [7, 11) is 0. The summed E-state index contributed by atoms with van der Waals surface area (Å²) in [5, 5.41) is 14.0. The Morgan fingerprint density at radius 3 is 2.68 bits per heavy atom. The third-order valence-electron chi connectivity index (χ3n) is 4.76. The van der Waals surface area contributed by atoms with Crippen LogP contribution in [0.5, 0.6) is 5.75 Å². The summed E-state index contributed by atoms with van der Waals surface area (Å²) in [5.74, 6) is 3.15. The summed E-state index contributed by atoms with van der Waals surface area (Å²) >= 11 is 1.94. The van der Waals surface area contributed by atoms with Crippen LogP contribution in [0, 0.1) is 0 Å². The first-order valence-electron chi connectivity index (χ1n) is 8.51. The molecule has 1 aliphatic heterocycles. The Morgan fingerprint density at radius 1 is 1.18 bits per heavy atom. The molecule has 0 bridgehead atoms. The fraction of sp³-hybridized carbons (Fsp3) is 0.667. The standard InChI is InChI=1S/C18H27NO2S/c20-18(9-11-22-12-10-18)14-19-13-15-5-1-4-8-17(15)21-16-6-2-3-7-16/h1,4-5,8,16,19-20H,2-3,6-7,9-14H2. The van der Waals surface area contributed by atoms with Gasteiger partial charge in [-0.3, -0.25) is 0 Å². The monoisotopic (exact) mass is 321 g/mol. The van der Waals surface area contributed by atoms with Crippen LogP contribution < -0.4 is 10.1 Å². The molecule has 2 fully saturated rings. The minimum atomic E-state index is -0.521. The van der Waals surface area contributed by atoms with Crippen LogP contribution in [0.25, 0.3) is 0 Å². The third kappa shape index (κ3) is 4.40. The largest absolute Gasteiger partial charge is 0.490 e. The van der Waals surface area contributed by atoms with Crippen LogP contribution >= 0.6 is 11.8 Å². The van der Waals surface area contributed by atoms with Crippen molar-refractivity contribution < 1.29 is 9.84 Å². The number of hydrogen-bond acceptors (Lipinski definition) is 4. The molecule has 0 radical (unpaired) electrons. The molecule has 3 rings (SSSR count). The lowest BCUT2D eigenvalue weighted by Crippen LogP contribution is -2.43. The molecule has 0 spiro atoms. The van der Waals surface area contributed by atoms with Gasteiger partial charge in [0.15, 0.2) is 0 Å². The van der Waals surface area contributed by atoms with Crippen molar-refractivity contribution in [3.63, 3.8) is 0 Å². The molecule has 1 heterocycles. The predicted molar refractivity (Wildman–Crippen MR) is 92.5 cm³/mol. The first-order chi connectivity index (χ1) is 10.8. The third-order valence-corrected chi connectivity index (χ3v) is 5.75. The maximum Gasteiger partial charge on any atom is 0.124 e. The van der Waals surface area contributed by atoms with Gasteiger partial charge in [0, 0.05) is 18.7 Å². The van der Waals surface area contributed by atoms with E-state index in [0.717, 1.165) is 36.6 Å². The minimum Gasteiger partial charge on any atom is -0.490 e. The van der Waals surface area contributed by atoms with Crippen molar-refractivity contribution in [2.45, 2.75) is 56.8 Å². The number of rotatable bonds is 6. The van der Waals surface area contributed by atoms with Crippen LogP contribution in [0.1, 0.15) is 44.1 Å². The van der Waals surface area contributed by atoms with Gasteiger partial charge in [-0.05, 0) is 56.1 Å². The van der Waals surface area contributed by atoms with E-state index in [1.807, 2.05) is 17.8 Å². The average Bonchev–Trinajstić information content (AvgIpc) is 3.03. The summed E-state index contributed by atoms with van der Waals surface area (Å²) in [6, 6.07) is 8.30. The minimum absolute atomic E-state index is 0.390. The van der Waals surface area contributed by atoms with Gasteiger partial charge in [0.25, 0.3) is 0 Å². The van der Waals surface area contributed by atoms with Crippen LogP contribution in [0.3, 0.4) is 0 Å². The number of para-hydroxylation sites is 1. The molecule has 0 unspecified atom stereocenters. The van der Waals surface area contributed by atoms with Gasteiger partial charge in [0.2, 0.25) is 0 Å². The van der Waals surface area contributed by atoms with Crippen molar-refractivity contribution in [3.05, 3.63) is 29.8 Å². The molecule has 1 saturated carbocycles. The number of aliphatic hydroxyl groups is 1. The second kappa shape index (κ2) is 7.71. The molecule has 4 heteroatoms. The molecule has 1 aromatic rings. The van der Waals surface area contributed by atoms with Crippen LogP contribution in [0.4, 0.5) is 0 Å². The Morgan fingerprint density at radius 2 is 1.91 bits per heavy atom. The number of ether oxygens (including phenoxy) is 1. The van der Waals surface area contributed by atoms with Gasteiger partial charge in [0.1, 0.15) is 5.75 Å². The normalized spacial score (nSPS) is 21.9. The molecule has 1 aromatic carbocycles. The van der Waals surface area contributed by atoms with Gasteiger partial charge in [0.05, 0.1) is 11.7 Å². The molecule has 1 saturated heterocycles. The van der Waals surface area contributed by atoms with Crippen molar-refractivity contribution >= 4 is 11.8 Å². The van der Waals surface area contributed by atoms with E-state index in [0.29, 0.717) is 12.6 Å². The van der Waals surface area contributed by atoms with Gasteiger partial charge in [-0.25, -0.2) is 0 Å². The molecule has 2 aliphatic rings. The average molecular weight is 321 g/mol. The molecule has 2 N–H and O–H groups in total. The number of nitrogens with one attached hydrogen (secondary N) is 1. The van der Waals surface area contributed by atoms with Crippen molar-refractivity contribution in [1.82, 2.24) is 5.32 Å². The summed E-state index contributed by atoms with van der Waals surface area (Å²) in [4.78, 5) is 0. The van der Waals surface area contributed by atoms with E-state index in [1.165, 1.54) is 31.2 Å².